The third kappa shape index (κ3) is 3.69. The van der Waals surface area contributed by atoms with Crippen molar-refractivity contribution >= 4 is 39.8 Å². The summed E-state index contributed by atoms with van der Waals surface area (Å²) in [5.41, 5.74) is 1.56. The Morgan fingerprint density at radius 2 is 2.04 bits per heavy atom. The van der Waals surface area contributed by atoms with Gasteiger partial charge in [-0.05, 0) is 36.6 Å². The van der Waals surface area contributed by atoms with E-state index in [0.717, 1.165) is 5.52 Å². The van der Waals surface area contributed by atoms with Crippen LogP contribution in [0.15, 0.2) is 48.1 Å². The number of thiophene rings is 1. The number of hydrogen-bond donors (Lipinski definition) is 2. The van der Waals surface area contributed by atoms with Gasteiger partial charge in [-0.1, -0.05) is 6.07 Å². The van der Waals surface area contributed by atoms with E-state index in [0.29, 0.717) is 10.6 Å². The zero-order valence-corrected chi connectivity index (χ0v) is 14.1. The van der Waals surface area contributed by atoms with Crippen LogP contribution in [0.25, 0.3) is 5.52 Å². The second kappa shape index (κ2) is 7.18. The van der Waals surface area contributed by atoms with Gasteiger partial charge in [-0.25, -0.2) is 4.79 Å². The average molecular weight is 357 g/mol. The number of anilines is 1. The van der Waals surface area contributed by atoms with Gasteiger partial charge in [0, 0.05) is 17.9 Å². The van der Waals surface area contributed by atoms with E-state index in [4.69, 9.17) is 0 Å². The summed E-state index contributed by atoms with van der Waals surface area (Å²) < 4.78 is 6.51. The van der Waals surface area contributed by atoms with Gasteiger partial charge in [-0.15, -0.1) is 11.3 Å². The number of hydrogen-bond acceptors (Lipinski definition) is 5. The van der Waals surface area contributed by atoms with Crippen molar-refractivity contribution in [3.63, 3.8) is 0 Å². The summed E-state index contributed by atoms with van der Waals surface area (Å²) in [6.07, 6.45) is 2.72. The molecule has 0 aromatic carbocycles. The first kappa shape index (κ1) is 16.7. The lowest BCUT2D eigenvalue weighted by molar-refractivity contribution is 0.0926. The van der Waals surface area contributed by atoms with E-state index >= 15 is 0 Å². The Kier molecular flexibility index (Phi) is 4.80. The third-order valence-electron chi connectivity index (χ3n) is 3.39. The van der Waals surface area contributed by atoms with Crippen molar-refractivity contribution in [2.45, 2.75) is 6.92 Å². The van der Waals surface area contributed by atoms with Crippen molar-refractivity contribution in [1.29, 1.82) is 0 Å². The lowest BCUT2D eigenvalue weighted by atomic mass is 10.2. The highest BCUT2D eigenvalue weighted by atomic mass is 32.1. The summed E-state index contributed by atoms with van der Waals surface area (Å²) in [7, 11) is 0. The van der Waals surface area contributed by atoms with Crippen LogP contribution in [0.5, 0.6) is 0 Å². The van der Waals surface area contributed by atoms with E-state index in [1.807, 2.05) is 28.8 Å². The number of aromatic nitrogens is 1. The van der Waals surface area contributed by atoms with Crippen LogP contribution in [0.4, 0.5) is 9.80 Å². The summed E-state index contributed by atoms with van der Waals surface area (Å²) in [6.45, 7) is 1.80. The molecule has 0 radical (unpaired) electrons. The SMILES string of the molecule is CCOC(=O)NC(=O)c1ccsc1NC(=O)c1cc2ccccn2c1. The first-order valence-corrected chi connectivity index (χ1v) is 8.40. The number of imide groups is 1. The molecule has 3 aromatic rings. The van der Waals surface area contributed by atoms with Crippen molar-refractivity contribution in [2.24, 2.45) is 0 Å². The number of fused-ring (bicyclic) bond motifs is 1. The maximum absolute atomic E-state index is 12.4. The molecular weight excluding hydrogens is 342 g/mol. The van der Waals surface area contributed by atoms with Crippen molar-refractivity contribution in [3.8, 4) is 0 Å². The minimum Gasteiger partial charge on any atom is -0.450 e. The predicted octanol–water partition coefficient (Wildman–Crippen LogP) is 3.14. The van der Waals surface area contributed by atoms with Crippen molar-refractivity contribution in [3.05, 3.63) is 59.2 Å². The van der Waals surface area contributed by atoms with E-state index in [1.165, 1.54) is 17.4 Å². The number of amides is 3. The highest BCUT2D eigenvalue weighted by molar-refractivity contribution is 7.14. The Bertz CT molecular complexity index is 911. The van der Waals surface area contributed by atoms with E-state index in [2.05, 4.69) is 15.4 Å². The van der Waals surface area contributed by atoms with Crippen LogP contribution in [-0.2, 0) is 4.74 Å². The van der Waals surface area contributed by atoms with Gasteiger partial charge in [0.25, 0.3) is 11.8 Å². The zero-order chi connectivity index (χ0) is 17.8. The van der Waals surface area contributed by atoms with E-state index in [-0.39, 0.29) is 18.1 Å². The molecule has 7 nitrogen and oxygen atoms in total. The van der Waals surface area contributed by atoms with Crippen LogP contribution in [0.1, 0.15) is 27.6 Å². The van der Waals surface area contributed by atoms with Gasteiger partial charge in [0.1, 0.15) is 5.00 Å². The largest absolute Gasteiger partial charge is 0.450 e. The number of pyridine rings is 1. The normalized spacial score (nSPS) is 10.4. The van der Waals surface area contributed by atoms with Gasteiger partial charge in [-0.3, -0.25) is 14.9 Å². The van der Waals surface area contributed by atoms with Gasteiger partial charge >= 0.3 is 6.09 Å². The molecule has 3 heterocycles. The van der Waals surface area contributed by atoms with Gasteiger partial charge in [0.15, 0.2) is 0 Å². The molecule has 0 atom stereocenters. The maximum atomic E-state index is 12.4. The Morgan fingerprint density at radius 3 is 2.80 bits per heavy atom. The first-order valence-electron chi connectivity index (χ1n) is 7.52. The standard InChI is InChI=1S/C17H15N3O4S/c1-2-24-17(23)19-15(22)13-6-8-25-16(13)18-14(21)11-9-12-5-3-4-7-20(12)10-11/h3-10H,2H2,1H3,(H,18,21)(H,19,22,23). The first-order chi connectivity index (χ1) is 12.1. The lowest BCUT2D eigenvalue weighted by Crippen LogP contribution is -2.31. The molecule has 8 heteroatoms. The number of carbonyl (C=O) groups is 3. The van der Waals surface area contributed by atoms with E-state index in [1.54, 1.807) is 24.6 Å². The van der Waals surface area contributed by atoms with Crippen molar-refractivity contribution in [2.75, 3.05) is 11.9 Å². The number of rotatable bonds is 4. The summed E-state index contributed by atoms with van der Waals surface area (Å²) in [5.74, 6) is -0.964. The molecule has 0 unspecified atom stereocenters. The molecule has 0 spiro atoms. The molecule has 3 amide bonds. The van der Waals surface area contributed by atoms with Crippen LogP contribution in [0.3, 0.4) is 0 Å². The fourth-order valence-corrected chi connectivity index (χ4v) is 3.05. The smallest absolute Gasteiger partial charge is 0.414 e. The topological polar surface area (TPSA) is 88.9 Å². The van der Waals surface area contributed by atoms with Gasteiger partial charge < -0.3 is 14.5 Å². The van der Waals surface area contributed by atoms with Crippen LogP contribution in [-0.4, -0.2) is 28.9 Å². The third-order valence-corrected chi connectivity index (χ3v) is 4.22. The van der Waals surface area contributed by atoms with Crippen LogP contribution in [0.2, 0.25) is 0 Å². The van der Waals surface area contributed by atoms with Gasteiger partial charge in [0.05, 0.1) is 17.7 Å². The van der Waals surface area contributed by atoms with Crippen molar-refractivity contribution < 1.29 is 19.1 Å². The van der Waals surface area contributed by atoms with E-state index < -0.39 is 12.0 Å². The summed E-state index contributed by atoms with van der Waals surface area (Å²) >= 11 is 1.20. The molecule has 0 aliphatic carbocycles. The molecule has 25 heavy (non-hydrogen) atoms. The Balaban J connectivity index is 1.75. The summed E-state index contributed by atoms with van der Waals surface area (Å²) in [4.78, 5) is 35.9. The number of nitrogens with one attached hydrogen (secondary N) is 2. The molecule has 2 N–H and O–H groups in total. The molecule has 0 aliphatic rings. The molecule has 3 rings (SSSR count). The minimum absolute atomic E-state index is 0.161. The summed E-state index contributed by atoms with van der Waals surface area (Å²) in [5, 5.41) is 6.84. The van der Waals surface area contributed by atoms with Gasteiger partial charge in [-0.2, -0.15) is 0 Å². The number of carbonyl (C=O) groups excluding carboxylic acids is 3. The molecule has 0 saturated carbocycles. The predicted molar refractivity (Wildman–Crippen MR) is 94.2 cm³/mol. The van der Waals surface area contributed by atoms with Gasteiger partial charge in [0.2, 0.25) is 0 Å². The molecule has 128 valence electrons. The highest BCUT2D eigenvalue weighted by Gasteiger charge is 2.18. The molecule has 0 aliphatic heterocycles. The van der Waals surface area contributed by atoms with Crippen molar-refractivity contribution in [1.82, 2.24) is 9.72 Å². The highest BCUT2D eigenvalue weighted by Crippen LogP contribution is 2.24. The van der Waals surface area contributed by atoms with E-state index in [9.17, 15) is 14.4 Å². The zero-order valence-electron chi connectivity index (χ0n) is 13.3. The fourth-order valence-electron chi connectivity index (χ4n) is 2.27. The number of nitrogens with zero attached hydrogens (tertiary/aromatic N) is 1. The van der Waals surface area contributed by atoms with Crippen LogP contribution < -0.4 is 10.6 Å². The average Bonchev–Trinajstić information content (AvgIpc) is 3.21. The number of ether oxygens (including phenoxy) is 1. The van der Waals surface area contributed by atoms with Crippen LogP contribution >= 0.6 is 11.3 Å². The quantitative estimate of drug-likeness (QED) is 0.751. The Labute approximate surface area is 147 Å². The second-order valence-corrected chi connectivity index (χ2v) is 5.97. The molecule has 3 aromatic heterocycles. The summed E-state index contributed by atoms with van der Waals surface area (Å²) in [6, 6.07) is 8.92. The second-order valence-electron chi connectivity index (χ2n) is 5.05. The minimum atomic E-state index is -0.824. The lowest BCUT2D eigenvalue weighted by Gasteiger charge is -2.06. The molecule has 0 bridgehead atoms. The monoisotopic (exact) mass is 357 g/mol. The number of alkyl carbamates (subject to hydrolysis) is 1. The Morgan fingerprint density at radius 1 is 1.20 bits per heavy atom. The Hall–Kier alpha value is -3.13. The molecular formula is C17H15N3O4S. The molecule has 0 fully saturated rings. The fraction of sp³-hybridized carbons (Fsp3) is 0.118. The maximum Gasteiger partial charge on any atom is 0.414 e. The van der Waals surface area contributed by atoms with Crippen LogP contribution in [0, 0.1) is 0 Å². The molecule has 0 saturated heterocycles.